The third-order valence-corrected chi connectivity index (χ3v) is 2.87. The van der Waals surface area contributed by atoms with E-state index >= 15 is 0 Å². The smallest absolute Gasteiger partial charge is 0.255 e. The van der Waals surface area contributed by atoms with E-state index < -0.39 is 5.95 Å². The molecule has 0 N–H and O–H groups in total. The number of pyridine rings is 1. The molecule has 0 saturated carbocycles. The molecule has 0 aliphatic carbocycles. The fraction of sp³-hybridized carbons (Fsp3) is 0.500. The molecule has 1 aromatic heterocycles. The molecule has 0 spiro atoms. The van der Waals surface area contributed by atoms with E-state index in [-0.39, 0.29) is 5.91 Å². The van der Waals surface area contributed by atoms with Crippen molar-refractivity contribution in [2.75, 3.05) is 13.1 Å². The SMILES string of the molecule is O=C(c1ccc(F)nc1)N1CCCCCC1. The van der Waals surface area contributed by atoms with E-state index in [1.807, 2.05) is 4.90 Å². The Hall–Kier alpha value is -1.45. The maximum absolute atomic E-state index is 12.6. The molecular formula is C12H15FN2O. The summed E-state index contributed by atoms with van der Waals surface area (Å²) in [5, 5.41) is 0. The summed E-state index contributed by atoms with van der Waals surface area (Å²) in [6.07, 6.45) is 5.79. The standard InChI is InChI=1S/C12H15FN2O/c13-11-6-5-10(9-14-11)12(16)15-7-3-1-2-4-8-15/h5-6,9H,1-4,7-8H2. The highest BCUT2D eigenvalue weighted by Gasteiger charge is 2.17. The molecule has 1 fully saturated rings. The minimum atomic E-state index is -0.549. The molecule has 4 heteroatoms. The quantitative estimate of drug-likeness (QED) is 0.683. The Morgan fingerprint density at radius 1 is 1.19 bits per heavy atom. The topological polar surface area (TPSA) is 33.2 Å². The van der Waals surface area contributed by atoms with Gasteiger partial charge in [0.05, 0.1) is 5.56 Å². The van der Waals surface area contributed by atoms with Gasteiger partial charge in [-0.05, 0) is 25.0 Å². The number of rotatable bonds is 1. The second kappa shape index (κ2) is 5.05. The molecule has 0 radical (unpaired) electrons. The van der Waals surface area contributed by atoms with E-state index in [9.17, 15) is 9.18 Å². The van der Waals surface area contributed by atoms with Crippen LogP contribution in [0.4, 0.5) is 4.39 Å². The van der Waals surface area contributed by atoms with Crippen molar-refractivity contribution in [2.24, 2.45) is 0 Å². The number of carbonyl (C=O) groups is 1. The van der Waals surface area contributed by atoms with Crippen LogP contribution in [0.15, 0.2) is 18.3 Å². The van der Waals surface area contributed by atoms with Gasteiger partial charge in [0.25, 0.3) is 5.91 Å². The van der Waals surface area contributed by atoms with Gasteiger partial charge < -0.3 is 4.90 Å². The van der Waals surface area contributed by atoms with Crippen LogP contribution in [0, 0.1) is 5.95 Å². The first-order chi connectivity index (χ1) is 7.77. The van der Waals surface area contributed by atoms with Crippen LogP contribution in [-0.4, -0.2) is 28.9 Å². The normalized spacial score (nSPS) is 16.9. The second-order valence-electron chi connectivity index (χ2n) is 4.08. The van der Waals surface area contributed by atoms with Gasteiger partial charge in [0.1, 0.15) is 0 Å². The molecule has 16 heavy (non-hydrogen) atoms. The largest absolute Gasteiger partial charge is 0.339 e. The number of likely N-dealkylation sites (tertiary alicyclic amines) is 1. The van der Waals surface area contributed by atoms with Crippen molar-refractivity contribution in [3.63, 3.8) is 0 Å². The first-order valence-electron chi connectivity index (χ1n) is 5.68. The molecule has 2 rings (SSSR count). The van der Waals surface area contributed by atoms with Gasteiger partial charge in [-0.3, -0.25) is 4.79 Å². The average molecular weight is 222 g/mol. The van der Waals surface area contributed by atoms with Crippen LogP contribution >= 0.6 is 0 Å². The lowest BCUT2D eigenvalue weighted by Crippen LogP contribution is -2.31. The van der Waals surface area contributed by atoms with E-state index in [2.05, 4.69) is 4.98 Å². The summed E-state index contributed by atoms with van der Waals surface area (Å²) in [6.45, 7) is 1.60. The zero-order valence-corrected chi connectivity index (χ0v) is 9.16. The number of hydrogen-bond donors (Lipinski definition) is 0. The van der Waals surface area contributed by atoms with Crippen molar-refractivity contribution in [3.05, 3.63) is 29.8 Å². The van der Waals surface area contributed by atoms with Crippen LogP contribution in [0.2, 0.25) is 0 Å². The molecule has 0 unspecified atom stereocenters. The summed E-state index contributed by atoms with van der Waals surface area (Å²) in [5.74, 6) is -0.582. The third kappa shape index (κ3) is 2.56. The molecule has 2 heterocycles. The Kier molecular flexibility index (Phi) is 3.49. The minimum Gasteiger partial charge on any atom is -0.339 e. The zero-order chi connectivity index (χ0) is 11.4. The first kappa shape index (κ1) is 11.0. The molecule has 1 aliphatic rings. The summed E-state index contributed by atoms with van der Waals surface area (Å²) < 4.78 is 12.6. The summed E-state index contributed by atoms with van der Waals surface area (Å²) in [5.41, 5.74) is 0.475. The molecule has 86 valence electrons. The maximum atomic E-state index is 12.6. The van der Waals surface area contributed by atoms with Gasteiger partial charge in [0, 0.05) is 19.3 Å². The Labute approximate surface area is 94.3 Å². The highest BCUT2D eigenvalue weighted by atomic mass is 19.1. The zero-order valence-electron chi connectivity index (χ0n) is 9.16. The van der Waals surface area contributed by atoms with E-state index in [1.54, 1.807) is 0 Å². The molecule has 1 amide bonds. The summed E-state index contributed by atoms with van der Waals surface area (Å²) >= 11 is 0. The molecule has 1 saturated heterocycles. The number of carbonyl (C=O) groups excluding carboxylic acids is 1. The van der Waals surface area contributed by atoms with Gasteiger partial charge >= 0.3 is 0 Å². The molecule has 3 nitrogen and oxygen atoms in total. The molecule has 1 aliphatic heterocycles. The first-order valence-corrected chi connectivity index (χ1v) is 5.68. The monoisotopic (exact) mass is 222 g/mol. The lowest BCUT2D eigenvalue weighted by atomic mass is 10.2. The number of halogens is 1. The van der Waals surface area contributed by atoms with Crippen molar-refractivity contribution in [3.8, 4) is 0 Å². The number of amides is 1. The van der Waals surface area contributed by atoms with Gasteiger partial charge in [-0.25, -0.2) is 4.98 Å². The van der Waals surface area contributed by atoms with E-state index in [4.69, 9.17) is 0 Å². The predicted octanol–water partition coefficient (Wildman–Crippen LogP) is 2.24. The van der Waals surface area contributed by atoms with Gasteiger partial charge in [-0.2, -0.15) is 4.39 Å². The average Bonchev–Trinajstić information content (AvgIpc) is 2.57. The minimum absolute atomic E-state index is 0.0330. The van der Waals surface area contributed by atoms with Crippen molar-refractivity contribution < 1.29 is 9.18 Å². The van der Waals surface area contributed by atoms with Crippen molar-refractivity contribution in [1.82, 2.24) is 9.88 Å². The van der Waals surface area contributed by atoms with Crippen LogP contribution in [0.5, 0.6) is 0 Å². The Bertz CT molecular complexity index is 356. The van der Waals surface area contributed by atoms with Crippen molar-refractivity contribution >= 4 is 5.91 Å². The fourth-order valence-electron chi connectivity index (χ4n) is 1.96. The molecule has 0 atom stereocenters. The number of aromatic nitrogens is 1. The van der Waals surface area contributed by atoms with Gasteiger partial charge in [-0.15, -0.1) is 0 Å². The maximum Gasteiger partial charge on any atom is 0.255 e. The van der Waals surface area contributed by atoms with Gasteiger partial charge in [-0.1, -0.05) is 12.8 Å². The summed E-state index contributed by atoms with van der Waals surface area (Å²) in [7, 11) is 0. The van der Waals surface area contributed by atoms with Gasteiger partial charge in [0.15, 0.2) is 0 Å². The van der Waals surface area contributed by atoms with Crippen LogP contribution in [-0.2, 0) is 0 Å². The van der Waals surface area contributed by atoms with Crippen LogP contribution < -0.4 is 0 Å². The molecular weight excluding hydrogens is 207 g/mol. The summed E-state index contributed by atoms with van der Waals surface area (Å²) in [4.78, 5) is 17.4. The van der Waals surface area contributed by atoms with E-state index in [1.165, 1.54) is 31.2 Å². The van der Waals surface area contributed by atoms with Crippen molar-refractivity contribution in [1.29, 1.82) is 0 Å². The number of hydrogen-bond acceptors (Lipinski definition) is 2. The van der Waals surface area contributed by atoms with Crippen LogP contribution in [0.3, 0.4) is 0 Å². The molecule has 0 aromatic carbocycles. The molecule has 0 bridgehead atoms. The Morgan fingerprint density at radius 2 is 1.88 bits per heavy atom. The highest BCUT2D eigenvalue weighted by Crippen LogP contribution is 2.12. The summed E-state index contributed by atoms with van der Waals surface area (Å²) in [6, 6.07) is 2.72. The fourth-order valence-corrected chi connectivity index (χ4v) is 1.96. The second-order valence-corrected chi connectivity index (χ2v) is 4.08. The van der Waals surface area contributed by atoms with E-state index in [0.29, 0.717) is 5.56 Å². The number of nitrogens with zero attached hydrogens (tertiary/aromatic N) is 2. The van der Waals surface area contributed by atoms with Crippen molar-refractivity contribution in [2.45, 2.75) is 25.7 Å². The molecule has 1 aromatic rings. The predicted molar refractivity (Wildman–Crippen MR) is 58.6 cm³/mol. The third-order valence-electron chi connectivity index (χ3n) is 2.87. The highest BCUT2D eigenvalue weighted by molar-refractivity contribution is 5.93. The van der Waals surface area contributed by atoms with Crippen LogP contribution in [0.1, 0.15) is 36.0 Å². The Balaban J connectivity index is 2.08. The van der Waals surface area contributed by atoms with Gasteiger partial charge in [0.2, 0.25) is 5.95 Å². The van der Waals surface area contributed by atoms with E-state index in [0.717, 1.165) is 25.9 Å². The Morgan fingerprint density at radius 3 is 2.44 bits per heavy atom. The lowest BCUT2D eigenvalue weighted by Gasteiger charge is -2.19. The lowest BCUT2D eigenvalue weighted by molar-refractivity contribution is 0.0761. The van der Waals surface area contributed by atoms with Crippen LogP contribution in [0.25, 0.3) is 0 Å².